The highest BCUT2D eigenvalue weighted by Gasteiger charge is 2.36. The van der Waals surface area contributed by atoms with Gasteiger partial charge >= 0.3 is 0 Å². The number of hydrogen-bond donors (Lipinski definition) is 1. The molecule has 1 N–H and O–H groups in total. The van der Waals surface area contributed by atoms with Crippen LogP contribution in [0.25, 0.3) is 0 Å². The van der Waals surface area contributed by atoms with E-state index in [0.717, 1.165) is 12.6 Å². The summed E-state index contributed by atoms with van der Waals surface area (Å²) < 4.78 is 0. The number of nitrogens with one attached hydrogen (secondary N) is 1. The molecule has 2 rings (SSSR count). The lowest BCUT2D eigenvalue weighted by molar-refractivity contribution is -0.00667. The summed E-state index contributed by atoms with van der Waals surface area (Å²) in [5, 5.41) is 3.61. The van der Waals surface area contributed by atoms with Gasteiger partial charge in [-0.05, 0) is 45.2 Å². The van der Waals surface area contributed by atoms with Crippen LogP contribution in [-0.4, -0.2) is 60.6 Å². The Morgan fingerprint density at radius 2 is 2.00 bits per heavy atom. The molecule has 2 heterocycles. The van der Waals surface area contributed by atoms with Crippen LogP contribution in [0.5, 0.6) is 0 Å². The lowest BCUT2D eigenvalue weighted by Gasteiger charge is -2.50. The van der Waals surface area contributed by atoms with Crippen LogP contribution in [0.4, 0.5) is 0 Å². The normalized spacial score (nSPS) is 31.1. The maximum absolute atomic E-state index is 3.61. The quantitative estimate of drug-likeness (QED) is 0.835. The first-order valence-electron chi connectivity index (χ1n) is 8.65. The molecule has 3 atom stereocenters. The fourth-order valence-electron chi connectivity index (χ4n) is 3.88. The Hall–Kier alpha value is -0.120. The molecule has 2 aliphatic rings. The van der Waals surface area contributed by atoms with Gasteiger partial charge in [-0.1, -0.05) is 27.2 Å². The van der Waals surface area contributed by atoms with Crippen LogP contribution in [0.1, 0.15) is 53.9 Å². The molecule has 0 saturated carbocycles. The highest BCUT2D eigenvalue weighted by Crippen LogP contribution is 2.28. The molecular weight excluding hydrogens is 246 g/mol. The van der Waals surface area contributed by atoms with Gasteiger partial charge in [0.05, 0.1) is 0 Å². The molecule has 3 heteroatoms. The zero-order chi connectivity index (χ0) is 14.8. The molecule has 0 aromatic heterocycles. The van der Waals surface area contributed by atoms with Crippen LogP contribution in [0.2, 0.25) is 0 Å². The van der Waals surface area contributed by atoms with Crippen molar-refractivity contribution in [2.45, 2.75) is 72.0 Å². The molecule has 2 fully saturated rings. The van der Waals surface area contributed by atoms with E-state index in [1.165, 1.54) is 45.4 Å². The number of fused-ring (bicyclic) bond motifs is 1. The minimum Gasteiger partial charge on any atom is -0.314 e. The second kappa shape index (κ2) is 6.76. The molecule has 118 valence electrons. The maximum atomic E-state index is 3.61. The summed E-state index contributed by atoms with van der Waals surface area (Å²) in [5.74, 6) is 0. The van der Waals surface area contributed by atoms with Crippen LogP contribution in [0.15, 0.2) is 0 Å². The number of piperidine rings is 1. The van der Waals surface area contributed by atoms with E-state index in [1.807, 2.05) is 0 Å². The monoisotopic (exact) mass is 281 g/mol. The molecule has 2 saturated heterocycles. The minimum absolute atomic E-state index is 0.334. The van der Waals surface area contributed by atoms with Gasteiger partial charge in [0.25, 0.3) is 0 Å². The fourth-order valence-corrected chi connectivity index (χ4v) is 3.88. The van der Waals surface area contributed by atoms with Crippen LogP contribution in [0.3, 0.4) is 0 Å². The second-order valence-electron chi connectivity index (χ2n) is 7.69. The minimum atomic E-state index is 0.334. The van der Waals surface area contributed by atoms with Crippen molar-refractivity contribution in [2.75, 3.05) is 32.7 Å². The zero-order valence-electron chi connectivity index (χ0n) is 14.3. The first kappa shape index (κ1) is 16.3. The summed E-state index contributed by atoms with van der Waals surface area (Å²) in [6, 6.07) is 2.10. The summed E-state index contributed by atoms with van der Waals surface area (Å²) in [6.45, 7) is 18.0. The third kappa shape index (κ3) is 3.75. The summed E-state index contributed by atoms with van der Waals surface area (Å²) in [6.07, 6.45) is 4.25. The van der Waals surface area contributed by atoms with E-state index in [4.69, 9.17) is 0 Å². The molecule has 0 spiro atoms. The largest absolute Gasteiger partial charge is 0.314 e. The van der Waals surface area contributed by atoms with Crippen LogP contribution in [0, 0.1) is 5.41 Å². The van der Waals surface area contributed by atoms with Gasteiger partial charge in [0, 0.05) is 37.8 Å². The lowest BCUT2D eigenvalue weighted by Crippen LogP contribution is -2.61. The molecule has 0 radical (unpaired) electrons. The van der Waals surface area contributed by atoms with Crippen molar-refractivity contribution in [2.24, 2.45) is 5.41 Å². The van der Waals surface area contributed by atoms with E-state index in [9.17, 15) is 0 Å². The van der Waals surface area contributed by atoms with Gasteiger partial charge in [0.2, 0.25) is 0 Å². The average molecular weight is 281 g/mol. The number of rotatable bonds is 5. The molecule has 3 unspecified atom stereocenters. The standard InChI is InChI=1S/C17H35N3/c1-6-18-15(3)17(4,5)13-20-12-16-9-7-8-10-19(16)11-14(20)2/h14-16,18H,6-13H2,1-5H3. The summed E-state index contributed by atoms with van der Waals surface area (Å²) in [4.78, 5) is 5.49. The Morgan fingerprint density at radius 3 is 2.70 bits per heavy atom. The SMILES string of the molecule is CCNC(C)C(C)(C)CN1CC2CCCCN2CC1C. The average Bonchev–Trinajstić information content (AvgIpc) is 2.39. The van der Waals surface area contributed by atoms with Crippen molar-refractivity contribution in [1.29, 1.82) is 0 Å². The van der Waals surface area contributed by atoms with E-state index in [1.54, 1.807) is 0 Å². The molecule has 0 amide bonds. The van der Waals surface area contributed by atoms with Crippen LogP contribution in [-0.2, 0) is 0 Å². The third-order valence-corrected chi connectivity index (χ3v) is 5.61. The number of hydrogen-bond acceptors (Lipinski definition) is 3. The number of piperazine rings is 1. The first-order chi connectivity index (χ1) is 9.44. The maximum Gasteiger partial charge on any atom is 0.0223 e. The third-order valence-electron chi connectivity index (χ3n) is 5.61. The summed E-state index contributed by atoms with van der Waals surface area (Å²) >= 11 is 0. The Labute approximate surface area is 126 Å². The molecule has 3 nitrogen and oxygen atoms in total. The van der Waals surface area contributed by atoms with Crippen molar-refractivity contribution in [3.63, 3.8) is 0 Å². The van der Waals surface area contributed by atoms with Gasteiger partial charge in [-0.15, -0.1) is 0 Å². The van der Waals surface area contributed by atoms with Crippen molar-refractivity contribution in [1.82, 2.24) is 15.1 Å². The van der Waals surface area contributed by atoms with Gasteiger partial charge in [-0.25, -0.2) is 0 Å². The van der Waals surface area contributed by atoms with Crippen molar-refractivity contribution in [3.8, 4) is 0 Å². The molecule has 0 bridgehead atoms. The van der Waals surface area contributed by atoms with Gasteiger partial charge in [0.1, 0.15) is 0 Å². The van der Waals surface area contributed by atoms with E-state index in [-0.39, 0.29) is 0 Å². The zero-order valence-corrected chi connectivity index (χ0v) is 14.3. The Morgan fingerprint density at radius 1 is 1.25 bits per heavy atom. The van der Waals surface area contributed by atoms with Crippen LogP contribution < -0.4 is 5.32 Å². The molecule has 20 heavy (non-hydrogen) atoms. The molecule has 0 aromatic carbocycles. The molecular formula is C17H35N3. The fraction of sp³-hybridized carbons (Fsp3) is 1.00. The Bertz CT molecular complexity index is 303. The van der Waals surface area contributed by atoms with E-state index in [0.29, 0.717) is 17.5 Å². The van der Waals surface area contributed by atoms with Gasteiger partial charge in [-0.2, -0.15) is 0 Å². The highest BCUT2D eigenvalue weighted by molar-refractivity contribution is 4.92. The smallest absolute Gasteiger partial charge is 0.0223 e. The molecule has 0 aliphatic carbocycles. The Balaban J connectivity index is 1.94. The van der Waals surface area contributed by atoms with E-state index in [2.05, 4.69) is 49.7 Å². The Kier molecular flexibility index (Phi) is 5.49. The lowest BCUT2D eigenvalue weighted by atomic mass is 9.83. The van der Waals surface area contributed by atoms with Gasteiger partial charge in [-0.3, -0.25) is 9.80 Å². The highest BCUT2D eigenvalue weighted by atomic mass is 15.3. The molecule has 2 aliphatic heterocycles. The van der Waals surface area contributed by atoms with E-state index >= 15 is 0 Å². The summed E-state index contributed by atoms with van der Waals surface area (Å²) in [5.41, 5.74) is 0.334. The summed E-state index contributed by atoms with van der Waals surface area (Å²) in [7, 11) is 0. The number of nitrogens with zero attached hydrogens (tertiary/aromatic N) is 2. The topological polar surface area (TPSA) is 18.5 Å². The van der Waals surface area contributed by atoms with E-state index < -0.39 is 0 Å². The van der Waals surface area contributed by atoms with Crippen molar-refractivity contribution in [3.05, 3.63) is 0 Å². The predicted octanol–water partition coefficient (Wildman–Crippen LogP) is 2.57. The first-order valence-corrected chi connectivity index (χ1v) is 8.65. The van der Waals surface area contributed by atoms with Gasteiger partial charge < -0.3 is 5.32 Å². The van der Waals surface area contributed by atoms with Crippen molar-refractivity contribution >= 4 is 0 Å². The second-order valence-corrected chi connectivity index (χ2v) is 7.69. The predicted molar refractivity (Wildman–Crippen MR) is 87.2 cm³/mol. The van der Waals surface area contributed by atoms with Crippen molar-refractivity contribution < 1.29 is 0 Å². The van der Waals surface area contributed by atoms with Crippen LogP contribution >= 0.6 is 0 Å². The van der Waals surface area contributed by atoms with Gasteiger partial charge in [0.15, 0.2) is 0 Å². The molecule has 0 aromatic rings.